The molecule has 0 aliphatic heterocycles. The number of halogens is 2. The number of sulfonamides is 1. The minimum atomic E-state index is -4.24. The van der Waals surface area contributed by atoms with Gasteiger partial charge >= 0.3 is 0 Å². The molecule has 0 unspecified atom stereocenters. The van der Waals surface area contributed by atoms with Gasteiger partial charge in [0.1, 0.15) is 16.4 Å². The first-order valence-electron chi connectivity index (χ1n) is 12.3. The maximum Gasteiger partial charge on any atom is 0.263 e. The van der Waals surface area contributed by atoms with E-state index in [0.29, 0.717) is 35.2 Å². The molecule has 4 rings (SSSR count). The van der Waals surface area contributed by atoms with Crippen molar-refractivity contribution >= 4 is 44.1 Å². The Bertz CT molecular complexity index is 1770. The summed E-state index contributed by atoms with van der Waals surface area (Å²) in [5.74, 6) is -1.41. The highest BCUT2D eigenvalue weighted by atomic mass is 35.5. The Labute approximate surface area is 240 Å². The van der Waals surface area contributed by atoms with Gasteiger partial charge in [0.15, 0.2) is 0 Å². The molecule has 0 saturated heterocycles. The van der Waals surface area contributed by atoms with Gasteiger partial charge in [-0.15, -0.1) is 0 Å². The molecule has 0 aliphatic rings. The van der Waals surface area contributed by atoms with Crippen LogP contribution in [0.1, 0.15) is 6.92 Å². The summed E-state index contributed by atoms with van der Waals surface area (Å²) >= 11 is 5.97. The summed E-state index contributed by atoms with van der Waals surface area (Å²) in [4.78, 5) is 33.9. The quantitative estimate of drug-likeness (QED) is 0.248. The van der Waals surface area contributed by atoms with Gasteiger partial charge in [0.25, 0.3) is 15.6 Å². The first-order chi connectivity index (χ1) is 19.5. The van der Waals surface area contributed by atoms with Gasteiger partial charge in [-0.05, 0) is 42.0 Å². The number of anilines is 1. The third-order valence-electron chi connectivity index (χ3n) is 6.15. The predicted octanol–water partition coefficient (Wildman–Crippen LogP) is 3.46. The number of rotatable bonds is 11. The van der Waals surface area contributed by atoms with Crippen molar-refractivity contribution in [2.24, 2.45) is 5.92 Å². The maximum absolute atomic E-state index is 13.5. The Morgan fingerprint density at radius 1 is 1.12 bits per heavy atom. The second kappa shape index (κ2) is 12.6. The lowest BCUT2D eigenvalue weighted by atomic mass is 10.0. The first-order valence-corrected chi connectivity index (χ1v) is 14.2. The summed E-state index contributed by atoms with van der Waals surface area (Å²) in [6, 6.07) is 9.40. The van der Waals surface area contributed by atoms with Crippen LogP contribution in [-0.2, 0) is 26.1 Å². The van der Waals surface area contributed by atoms with Gasteiger partial charge in [-0.3, -0.25) is 18.9 Å². The average molecular weight is 604 g/mol. The van der Waals surface area contributed by atoms with E-state index in [0.717, 1.165) is 18.2 Å². The molecular weight excluding hydrogens is 577 g/mol. The van der Waals surface area contributed by atoms with Crippen molar-refractivity contribution in [3.8, 4) is 17.0 Å². The normalized spacial score (nSPS) is 12.2. The fraction of sp³-hybridized carbons (Fsp3) is 0.259. The number of hydrogen-bond donors (Lipinski definition) is 2. The van der Waals surface area contributed by atoms with Crippen LogP contribution in [0.3, 0.4) is 0 Å². The van der Waals surface area contributed by atoms with Gasteiger partial charge < -0.3 is 14.8 Å². The second-order valence-electron chi connectivity index (χ2n) is 9.08. The van der Waals surface area contributed by atoms with E-state index < -0.39 is 21.8 Å². The van der Waals surface area contributed by atoms with Crippen LogP contribution in [0.4, 0.5) is 10.1 Å². The van der Waals surface area contributed by atoms with Crippen molar-refractivity contribution in [1.29, 1.82) is 0 Å². The monoisotopic (exact) mass is 603 g/mol. The van der Waals surface area contributed by atoms with Gasteiger partial charge in [-0.2, -0.15) is 0 Å². The first kappa shape index (κ1) is 29.9. The van der Waals surface area contributed by atoms with Crippen molar-refractivity contribution in [3.63, 3.8) is 0 Å². The Morgan fingerprint density at radius 3 is 2.61 bits per heavy atom. The van der Waals surface area contributed by atoms with Crippen LogP contribution in [0.15, 0.2) is 64.7 Å². The van der Waals surface area contributed by atoms with Crippen molar-refractivity contribution in [2.45, 2.75) is 18.4 Å². The fourth-order valence-corrected chi connectivity index (χ4v) is 5.62. The lowest BCUT2D eigenvalue weighted by molar-refractivity contribution is -0.125. The van der Waals surface area contributed by atoms with Crippen LogP contribution in [0.2, 0.25) is 5.02 Å². The van der Waals surface area contributed by atoms with Crippen molar-refractivity contribution in [1.82, 2.24) is 19.9 Å². The molecule has 0 fully saturated rings. The molecule has 14 heteroatoms. The van der Waals surface area contributed by atoms with Crippen molar-refractivity contribution in [3.05, 3.63) is 76.2 Å². The van der Waals surface area contributed by atoms with Crippen LogP contribution in [0.25, 0.3) is 22.0 Å². The minimum absolute atomic E-state index is 0.00222. The van der Waals surface area contributed by atoms with Gasteiger partial charge in [-0.1, -0.05) is 24.6 Å². The van der Waals surface area contributed by atoms with E-state index in [-0.39, 0.29) is 39.5 Å². The van der Waals surface area contributed by atoms with Gasteiger partial charge in [0, 0.05) is 32.0 Å². The number of hydrogen-bond acceptors (Lipinski definition) is 8. The molecule has 0 radical (unpaired) electrons. The van der Waals surface area contributed by atoms with E-state index in [9.17, 15) is 22.4 Å². The number of amides is 1. The zero-order valence-electron chi connectivity index (χ0n) is 22.4. The molecule has 2 aromatic carbocycles. The number of nitrogens with zero attached hydrogens (tertiary/aromatic N) is 3. The number of pyridine rings is 1. The molecule has 216 valence electrons. The van der Waals surface area contributed by atoms with Crippen LogP contribution in [0.5, 0.6) is 5.88 Å². The highest BCUT2D eigenvalue weighted by molar-refractivity contribution is 7.92. The van der Waals surface area contributed by atoms with Gasteiger partial charge in [-0.25, -0.2) is 22.8 Å². The Morgan fingerprint density at radius 2 is 1.90 bits per heavy atom. The molecule has 0 bridgehead atoms. The van der Waals surface area contributed by atoms with Crippen molar-refractivity contribution in [2.75, 3.05) is 32.1 Å². The topological polar surface area (TPSA) is 142 Å². The lowest BCUT2D eigenvalue weighted by Crippen LogP contribution is -2.35. The zero-order valence-corrected chi connectivity index (χ0v) is 23.9. The molecule has 41 heavy (non-hydrogen) atoms. The Balaban J connectivity index is 1.66. The number of nitrogens with one attached hydrogen (secondary N) is 2. The predicted molar refractivity (Wildman–Crippen MR) is 152 cm³/mol. The summed E-state index contributed by atoms with van der Waals surface area (Å²) in [7, 11) is -1.37. The lowest BCUT2D eigenvalue weighted by Gasteiger charge is -2.15. The van der Waals surface area contributed by atoms with Crippen LogP contribution >= 0.6 is 11.6 Å². The number of benzene rings is 2. The van der Waals surface area contributed by atoms with Crippen LogP contribution in [0, 0.1) is 11.7 Å². The molecule has 1 amide bonds. The second-order valence-corrected chi connectivity index (χ2v) is 11.1. The van der Waals surface area contributed by atoms with Gasteiger partial charge in [0.05, 0.1) is 41.9 Å². The molecule has 11 nitrogen and oxygen atoms in total. The minimum Gasteiger partial charge on any atom is -0.480 e. The maximum atomic E-state index is 13.5. The molecular formula is C27H27ClFN5O6S. The van der Waals surface area contributed by atoms with Crippen LogP contribution < -0.4 is 20.3 Å². The number of carbonyl (C=O) groups is 1. The molecule has 2 N–H and O–H groups in total. The van der Waals surface area contributed by atoms with E-state index >= 15 is 0 Å². The number of aromatic nitrogens is 3. The largest absolute Gasteiger partial charge is 0.480 e. The molecule has 2 aromatic heterocycles. The summed E-state index contributed by atoms with van der Waals surface area (Å²) in [5.41, 5.74) is 1.12. The highest BCUT2D eigenvalue weighted by Gasteiger charge is 2.22. The molecule has 0 spiro atoms. The zero-order chi connectivity index (χ0) is 29.7. The number of methoxy groups -OCH3 is 2. The molecule has 4 aromatic rings. The summed E-state index contributed by atoms with van der Waals surface area (Å²) in [6.07, 6.45) is 2.86. The third kappa shape index (κ3) is 6.81. The van der Waals surface area contributed by atoms with E-state index in [1.165, 1.54) is 37.4 Å². The fourth-order valence-electron chi connectivity index (χ4n) is 4.04. The highest BCUT2D eigenvalue weighted by Crippen LogP contribution is 2.32. The molecule has 0 saturated carbocycles. The van der Waals surface area contributed by atoms with E-state index in [4.69, 9.17) is 21.1 Å². The van der Waals surface area contributed by atoms with Gasteiger partial charge in [0.2, 0.25) is 11.8 Å². The third-order valence-corrected chi connectivity index (χ3v) is 8.00. The van der Waals surface area contributed by atoms with Crippen molar-refractivity contribution < 1.29 is 27.1 Å². The van der Waals surface area contributed by atoms with E-state index in [2.05, 4.69) is 20.0 Å². The van der Waals surface area contributed by atoms with E-state index in [1.54, 1.807) is 25.1 Å². The number of ether oxygens (including phenoxy) is 2. The number of carbonyl (C=O) groups excluding carboxylic acids is 1. The molecule has 1 atom stereocenters. The summed E-state index contributed by atoms with van der Waals surface area (Å²) in [5, 5.41) is 2.76. The molecule has 0 aliphatic carbocycles. The summed E-state index contributed by atoms with van der Waals surface area (Å²) in [6.45, 7) is 2.56. The Kier molecular flexibility index (Phi) is 9.21. The van der Waals surface area contributed by atoms with E-state index in [1.807, 2.05) is 0 Å². The summed E-state index contributed by atoms with van der Waals surface area (Å²) < 4.78 is 53.4. The Hall–Kier alpha value is -4.07. The molecule has 2 heterocycles. The average Bonchev–Trinajstić information content (AvgIpc) is 2.94. The number of fused-ring (bicyclic) bond motifs is 1. The van der Waals surface area contributed by atoms with Crippen LogP contribution in [-0.4, -0.2) is 56.2 Å². The standard InChI is InChI=1S/C27H27ClFN5O6S/c1-16(25(35)30-8-9-39-2)14-34-15-32-22-6-4-17(10-20(22)27(34)36)18-11-23(26(40-3)31-13-18)33-41(37,38)24-7-5-19(29)12-21(24)28/h4-7,10-13,15-16,33H,8-9,14H2,1-3H3,(H,30,35)/t16-/m0/s1. The SMILES string of the molecule is COCCNC(=O)[C@@H](C)Cn1cnc2ccc(-c3cnc(OC)c(NS(=O)(=O)c4ccc(F)cc4Cl)c3)cc2c1=O. The smallest absolute Gasteiger partial charge is 0.263 e.